The Morgan fingerprint density at radius 1 is 1.25 bits per heavy atom. The van der Waals surface area contributed by atoms with Crippen LogP contribution in [0, 0.1) is 17.2 Å². The maximum Gasteiger partial charge on any atom is 0.123 e. The van der Waals surface area contributed by atoms with Crippen molar-refractivity contribution in [2.24, 2.45) is 11.3 Å². The Morgan fingerprint density at radius 3 is 2.70 bits per heavy atom. The Balaban J connectivity index is 1.99. The smallest absolute Gasteiger partial charge is 0.123 e. The summed E-state index contributed by atoms with van der Waals surface area (Å²) >= 11 is 0. The number of rotatable bonds is 2. The third kappa shape index (κ3) is 3.95. The molecule has 2 nitrogen and oxygen atoms in total. The summed E-state index contributed by atoms with van der Waals surface area (Å²) in [6, 6.07) is 4.19. The lowest BCUT2D eigenvalue weighted by atomic mass is 9.77. The van der Waals surface area contributed by atoms with Crippen LogP contribution in [-0.2, 0) is 6.54 Å². The number of benzene rings is 1. The minimum absolute atomic E-state index is 0.197. The van der Waals surface area contributed by atoms with Gasteiger partial charge in [0, 0.05) is 12.1 Å². The van der Waals surface area contributed by atoms with Gasteiger partial charge in [-0.15, -0.1) is 0 Å². The molecule has 1 aromatic rings. The first-order valence-electron chi connectivity index (χ1n) is 7.56. The topological polar surface area (TPSA) is 23.5 Å². The van der Waals surface area contributed by atoms with Gasteiger partial charge in [0.25, 0.3) is 0 Å². The number of hydrogen-bond donors (Lipinski definition) is 1. The molecular formula is C17H26FNO. The minimum Gasteiger partial charge on any atom is -0.508 e. The summed E-state index contributed by atoms with van der Waals surface area (Å²) in [5, 5.41) is 9.82. The van der Waals surface area contributed by atoms with E-state index in [4.69, 9.17) is 0 Å². The summed E-state index contributed by atoms with van der Waals surface area (Å²) in [7, 11) is 0. The zero-order valence-electron chi connectivity index (χ0n) is 12.8. The van der Waals surface area contributed by atoms with Crippen LogP contribution < -0.4 is 0 Å². The molecule has 0 spiro atoms. The van der Waals surface area contributed by atoms with Crippen molar-refractivity contribution in [3.63, 3.8) is 0 Å². The standard InChI is InChI=1S/C17H26FNO/c1-17(2,3)14-5-4-9-19(10-8-14)12-13-11-15(18)6-7-16(13)20/h6-7,11,14,20H,4-5,8-10,12H2,1-3H3. The fourth-order valence-electron chi connectivity index (χ4n) is 3.10. The molecular weight excluding hydrogens is 253 g/mol. The Bertz CT molecular complexity index is 453. The van der Waals surface area contributed by atoms with Crippen molar-refractivity contribution in [3.05, 3.63) is 29.6 Å². The Morgan fingerprint density at radius 2 is 2.00 bits per heavy atom. The number of aromatic hydroxyl groups is 1. The maximum atomic E-state index is 13.3. The number of halogens is 1. The van der Waals surface area contributed by atoms with Gasteiger partial charge >= 0.3 is 0 Å². The SMILES string of the molecule is CC(C)(C)C1CCCN(Cc2cc(F)ccc2O)CC1. The van der Waals surface area contributed by atoms with Gasteiger partial charge in [0.15, 0.2) is 0 Å². The number of phenols is 1. The third-order valence-electron chi connectivity index (χ3n) is 4.48. The second kappa shape index (κ2) is 6.13. The van der Waals surface area contributed by atoms with Crippen LogP contribution in [-0.4, -0.2) is 23.1 Å². The molecule has 0 bridgehead atoms. The molecule has 1 fully saturated rings. The quantitative estimate of drug-likeness (QED) is 0.878. The fourth-order valence-corrected chi connectivity index (χ4v) is 3.10. The normalized spacial score (nSPS) is 21.7. The summed E-state index contributed by atoms with van der Waals surface area (Å²) in [6.07, 6.45) is 3.62. The highest BCUT2D eigenvalue weighted by molar-refractivity contribution is 5.32. The zero-order valence-corrected chi connectivity index (χ0v) is 12.8. The lowest BCUT2D eigenvalue weighted by molar-refractivity contribution is 0.206. The summed E-state index contributed by atoms with van der Waals surface area (Å²) in [5.74, 6) is 0.664. The van der Waals surface area contributed by atoms with E-state index in [1.807, 2.05) is 0 Å². The van der Waals surface area contributed by atoms with Gasteiger partial charge < -0.3 is 5.11 Å². The van der Waals surface area contributed by atoms with Crippen LogP contribution in [0.15, 0.2) is 18.2 Å². The van der Waals surface area contributed by atoms with Crippen molar-refractivity contribution in [3.8, 4) is 5.75 Å². The zero-order chi connectivity index (χ0) is 14.8. The molecule has 20 heavy (non-hydrogen) atoms. The molecule has 0 radical (unpaired) electrons. The largest absolute Gasteiger partial charge is 0.508 e. The molecule has 1 aliphatic rings. The molecule has 1 unspecified atom stereocenters. The lowest BCUT2D eigenvalue weighted by Crippen LogP contribution is -2.26. The Labute approximate surface area is 121 Å². The van der Waals surface area contributed by atoms with Crippen LogP contribution in [0.4, 0.5) is 4.39 Å². The van der Waals surface area contributed by atoms with E-state index < -0.39 is 0 Å². The first-order chi connectivity index (χ1) is 9.36. The van der Waals surface area contributed by atoms with Crippen LogP contribution in [0.1, 0.15) is 45.6 Å². The lowest BCUT2D eigenvalue weighted by Gasteiger charge is -2.29. The summed E-state index contributed by atoms with van der Waals surface area (Å²) in [6.45, 7) is 9.63. The first-order valence-corrected chi connectivity index (χ1v) is 7.56. The van der Waals surface area contributed by atoms with Gasteiger partial charge in [0.1, 0.15) is 11.6 Å². The molecule has 0 aliphatic carbocycles. The van der Waals surface area contributed by atoms with Crippen LogP contribution in [0.3, 0.4) is 0 Å². The number of likely N-dealkylation sites (tertiary alicyclic amines) is 1. The van der Waals surface area contributed by atoms with Crippen LogP contribution in [0.25, 0.3) is 0 Å². The molecule has 1 atom stereocenters. The fraction of sp³-hybridized carbons (Fsp3) is 0.647. The van der Waals surface area contributed by atoms with Crippen LogP contribution in [0.5, 0.6) is 5.75 Å². The second-order valence-electron chi connectivity index (χ2n) is 7.04. The van der Waals surface area contributed by atoms with Crippen LogP contribution in [0.2, 0.25) is 0 Å². The van der Waals surface area contributed by atoms with Crippen molar-refractivity contribution in [2.75, 3.05) is 13.1 Å². The highest BCUT2D eigenvalue weighted by Gasteiger charge is 2.27. The molecule has 1 aromatic carbocycles. The van der Waals surface area contributed by atoms with E-state index in [0.717, 1.165) is 19.0 Å². The van der Waals surface area contributed by atoms with E-state index >= 15 is 0 Å². The first kappa shape index (κ1) is 15.3. The Hall–Kier alpha value is -1.09. The van der Waals surface area contributed by atoms with Crippen molar-refractivity contribution in [1.82, 2.24) is 4.90 Å². The van der Waals surface area contributed by atoms with E-state index in [9.17, 15) is 9.50 Å². The summed E-state index contributed by atoms with van der Waals surface area (Å²) in [5.41, 5.74) is 1.05. The van der Waals surface area contributed by atoms with Gasteiger partial charge in [-0.05, 0) is 61.9 Å². The predicted octanol–water partition coefficient (Wildman–Crippen LogP) is 4.18. The van der Waals surface area contributed by atoms with E-state index in [0.29, 0.717) is 17.5 Å². The average molecular weight is 279 g/mol. The molecule has 0 saturated carbocycles. The Kier molecular flexibility index (Phi) is 4.69. The summed E-state index contributed by atoms with van der Waals surface area (Å²) in [4.78, 5) is 2.33. The highest BCUT2D eigenvalue weighted by atomic mass is 19.1. The van der Waals surface area contributed by atoms with Gasteiger partial charge in [0.2, 0.25) is 0 Å². The van der Waals surface area contributed by atoms with Gasteiger partial charge in [0.05, 0.1) is 0 Å². The maximum absolute atomic E-state index is 13.3. The van der Waals surface area contributed by atoms with E-state index in [1.165, 1.54) is 37.5 Å². The van der Waals surface area contributed by atoms with Gasteiger partial charge in [-0.2, -0.15) is 0 Å². The van der Waals surface area contributed by atoms with E-state index in [-0.39, 0.29) is 11.6 Å². The van der Waals surface area contributed by atoms with Crippen molar-refractivity contribution < 1.29 is 9.50 Å². The van der Waals surface area contributed by atoms with Crippen molar-refractivity contribution in [2.45, 2.75) is 46.6 Å². The van der Waals surface area contributed by atoms with Crippen molar-refractivity contribution >= 4 is 0 Å². The predicted molar refractivity (Wildman–Crippen MR) is 80.1 cm³/mol. The average Bonchev–Trinajstić information content (AvgIpc) is 2.59. The molecule has 1 aliphatic heterocycles. The molecule has 3 heteroatoms. The molecule has 1 heterocycles. The molecule has 1 N–H and O–H groups in total. The molecule has 2 rings (SSSR count). The van der Waals surface area contributed by atoms with E-state index in [1.54, 1.807) is 0 Å². The monoisotopic (exact) mass is 279 g/mol. The van der Waals surface area contributed by atoms with E-state index in [2.05, 4.69) is 25.7 Å². The van der Waals surface area contributed by atoms with Gasteiger partial charge in [-0.25, -0.2) is 4.39 Å². The number of phenolic OH excluding ortho intramolecular Hbond substituents is 1. The molecule has 0 aromatic heterocycles. The number of nitrogens with zero attached hydrogens (tertiary/aromatic N) is 1. The molecule has 112 valence electrons. The summed E-state index contributed by atoms with van der Waals surface area (Å²) < 4.78 is 13.3. The number of hydrogen-bond acceptors (Lipinski definition) is 2. The molecule has 0 amide bonds. The minimum atomic E-state index is -0.278. The van der Waals surface area contributed by atoms with Gasteiger partial charge in [-0.1, -0.05) is 20.8 Å². The molecule has 1 saturated heterocycles. The van der Waals surface area contributed by atoms with Crippen molar-refractivity contribution in [1.29, 1.82) is 0 Å². The van der Waals surface area contributed by atoms with Gasteiger partial charge in [-0.3, -0.25) is 4.90 Å². The third-order valence-corrected chi connectivity index (χ3v) is 4.48. The second-order valence-corrected chi connectivity index (χ2v) is 7.04. The highest BCUT2D eigenvalue weighted by Crippen LogP contribution is 2.34. The van der Waals surface area contributed by atoms with Crippen LogP contribution >= 0.6 is 0 Å².